The van der Waals surface area contributed by atoms with E-state index in [0.717, 1.165) is 31.7 Å². The molecule has 0 saturated heterocycles. The SMILES string of the molecule is CCN(CC)CCNC(C)(CO)c1cccnc1. The lowest BCUT2D eigenvalue weighted by atomic mass is 9.94. The predicted molar refractivity (Wildman–Crippen MR) is 74.5 cm³/mol. The number of nitrogens with one attached hydrogen (secondary N) is 1. The van der Waals surface area contributed by atoms with Crippen LogP contribution in [0.3, 0.4) is 0 Å². The number of aromatic nitrogens is 1. The van der Waals surface area contributed by atoms with Crippen molar-refractivity contribution in [3.63, 3.8) is 0 Å². The minimum absolute atomic E-state index is 0.0664. The van der Waals surface area contributed by atoms with Crippen LogP contribution in [0, 0.1) is 0 Å². The summed E-state index contributed by atoms with van der Waals surface area (Å²) in [6, 6.07) is 3.89. The molecule has 18 heavy (non-hydrogen) atoms. The van der Waals surface area contributed by atoms with Crippen molar-refractivity contribution in [1.82, 2.24) is 15.2 Å². The molecule has 1 rings (SSSR count). The number of likely N-dealkylation sites (N-methyl/N-ethyl adjacent to an activating group) is 1. The second-order valence-corrected chi connectivity index (χ2v) is 4.69. The Hall–Kier alpha value is -0.970. The standard InChI is InChI=1S/C14H25N3O/c1-4-17(5-2)10-9-16-14(3,12-18)13-7-6-8-15-11-13/h6-8,11,16,18H,4-5,9-10,12H2,1-3H3. The van der Waals surface area contributed by atoms with Gasteiger partial charge in [0.2, 0.25) is 0 Å². The van der Waals surface area contributed by atoms with Crippen molar-refractivity contribution in [2.75, 3.05) is 32.8 Å². The first-order valence-corrected chi connectivity index (χ1v) is 6.65. The highest BCUT2D eigenvalue weighted by molar-refractivity contribution is 5.19. The molecule has 2 N–H and O–H groups in total. The number of rotatable bonds is 8. The van der Waals surface area contributed by atoms with Crippen molar-refractivity contribution in [3.8, 4) is 0 Å². The summed E-state index contributed by atoms with van der Waals surface area (Å²) in [5.41, 5.74) is 0.605. The van der Waals surface area contributed by atoms with E-state index >= 15 is 0 Å². The molecule has 0 radical (unpaired) electrons. The molecule has 4 heteroatoms. The maximum atomic E-state index is 9.61. The van der Waals surface area contributed by atoms with Gasteiger partial charge in [-0.2, -0.15) is 0 Å². The van der Waals surface area contributed by atoms with E-state index in [1.54, 1.807) is 12.4 Å². The van der Waals surface area contributed by atoms with Crippen LogP contribution in [0.25, 0.3) is 0 Å². The van der Waals surface area contributed by atoms with Crippen LogP contribution in [0.5, 0.6) is 0 Å². The van der Waals surface area contributed by atoms with Gasteiger partial charge in [0.1, 0.15) is 0 Å². The van der Waals surface area contributed by atoms with Gasteiger partial charge in [-0.3, -0.25) is 4.98 Å². The Morgan fingerprint density at radius 2 is 2.11 bits per heavy atom. The highest BCUT2D eigenvalue weighted by Crippen LogP contribution is 2.18. The average Bonchev–Trinajstić information content (AvgIpc) is 2.44. The van der Waals surface area contributed by atoms with E-state index in [4.69, 9.17) is 0 Å². The Morgan fingerprint density at radius 3 is 2.61 bits per heavy atom. The number of pyridine rings is 1. The van der Waals surface area contributed by atoms with Crippen molar-refractivity contribution in [3.05, 3.63) is 30.1 Å². The van der Waals surface area contributed by atoms with Crippen LogP contribution < -0.4 is 5.32 Å². The van der Waals surface area contributed by atoms with Crippen LogP contribution >= 0.6 is 0 Å². The monoisotopic (exact) mass is 251 g/mol. The largest absolute Gasteiger partial charge is 0.394 e. The molecular weight excluding hydrogens is 226 g/mol. The van der Waals surface area contributed by atoms with Crippen molar-refractivity contribution < 1.29 is 5.11 Å². The van der Waals surface area contributed by atoms with E-state index in [0.29, 0.717) is 0 Å². The molecule has 0 saturated carbocycles. The summed E-state index contributed by atoms with van der Waals surface area (Å²) in [6.07, 6.45) is 3.55. The first-order valence-electron chi connectivity index (χ1n) is 6.65. The van der Waals surface area contributed by atoms with Gasteiger partial charge in [-0.05, 0) is 31.6 Å². The van der Waals surface area contributed by atoms with Crippen LogP contribution in [0.15, 0.2) is 24.5 Å². The Kier molecular flexibility index (Phi) is 6.25. The van der Waals surface area contributed by atoms with Gasteiger partial charge < -0.3 is 15.3 Å². The van der Waals surface area contributed by atoms with Crippen LogP contribution in [0.4, 0.5) is 0 Å². The van der Waals surface area contributed by atoms with Crippen LogP contribution in [0.1, 0.15) is 26.3 Å². The molecular formula is C14H25N3O. The molecule has 0 amide bonds. The highest BCUT2D eigenvalue weighted by Gasteiger charge is 2.25. The Labute approximate surface area is 110 Å². The molecule has 1 aromatic rings. The summed E-state index contributed by atoms with van der Waals surface area (Å²) in [4.78, 5) is 6.47. The summed E-state index contributed by atoms with van der Waals surface area (Å²) in [6.45, 7) is 10.4. The fourth-order valence-corrected chi connectivity index (χ4v) is 1.97. The predicted octanol–water partition coefficient (Wildman–Crippen LogP) is 1.22. The third-order valence-electron chi connectivity index (χ3n) is 3.45. The third kappa shape index (κ3) is 4.05. The molecule has 0 fully saturated rings. The van der Waals surface area contributed by atoms with Gasteiger partial charge in [0.05, 0.1) is 12.1 Å². The van der Waals surface area contributed by atoms with E-state index < -0.39 is 5.54 Å². The topological polar surface area (TPSA) is 48.4 Å². The number of nitrogens with zero attached hydrogens (tertiary/aromatic N) is 2. The summed E-state index contributed by atoms with van der Waals surface area (Å²) in [7, 11) is 0. The van der Waals surface area contributed by atoms with Gasteiger partial charge in [0.15, 0.2) is 0 Å². The smallest absolute Gasteiger partial charge is 0.0656 e. The number of hydrogen-bond donors (Lipinski definition) is 2. The van der Waals surface area contributed by atoms with Crippen molar-refractivity contribution in [2.45, 2.75) is 26.3 Å². The second-order valence-electron chi connectivity index (χ2n) is 4.69. The third-order valence-corrected chi connectivity index (χ3v) is 3.45. The number of aliphatic hydroxyl groups is 1. The van der Waals surface area contributed by atoms with Gasteiger partial charge in [-0.15, -0.1) is 0 Å². The van der Waals surface area contributed by atoms with E-state index in [-0.39, 0.29) is 6.61 Å². The minimum Gasteiger partial charge on any atom is -0.394 e. The van der Waals surface area contributed by atoms with Crippen molar-refractivity contribution in [1.29, 1.82) is 0 Å². The summed E-state index contributed by atoms with van der Waals surface area (Å²) in [5.74, 6) is 0. The summed E-state index contributed by atoms with van der Waals surface area (Å²) in [5, 5.41) is 13.0. The molecule has 0 aliphatic rings. The van der Waals surface area contributed by atoms with Gasteiger partial charge in [-0.25, -0.2) is 0 Å². The Morgan fingerprint density at radius 1 is 1.39 bits per heavy atom. The zero-order valence-electron chi connectivity index (χ0n) is 11.7. The molecule has 102 valence electrons. The molecule has 1 unspecified atom stereocenters. The highest BCUT2D eigenvalue weighted by atomic mass is 16.3. The minimum atomic E-state index is -0.415. The fourth-order valence-electron chi connectivity index (χ4n) is 1.97. The summed E-state index contributed by atoms with van der Waals surface area (Å²) >= 11 is 0. The lowest BCUT2D eigenvalue weighted by molar-refractivity contribution is 0.168. The average molecular weight is 251 g/mol. The summed E-state index contributed by atoms with van der Waals surface area (Å²) < 4.78 is 0. The van der Waals surface area contributed by atoms with Crippen LogP contribution in [-0.2, 0) is 5.54 Å². The van der Waals surface area contributed by atoms with Crippen LogP contribution in [0.2, 0.25) is 0 Å². The maximum Gasteiger partial charge on any atom is 0.0656 e. The van der Waals surface area contributed by atoms with Crippen LogP contribution in [-0.4, -0.2) is 47.8 Å². The van der Waals surface area contributed by atoms with Gasteiger partial charge >= 0.3 is 0 Å². The lowest BCUT2D eigenvalue weighted by Crippen LogP contribution is -2.46. The van der Waals surface area contributed by atoms with E-state index in [1.807, 2.05) is 19.1 Å². The van der Waals surface area contributed by atoms with Crippen molar-refractivity contribution >= 4 is 0 Å². The molecule has 0 aliphatic carbocycles. The quantitative estimate of drug-likeness (QED) is 0.729. The number of aliphatic hydroxyl groups excluding tert-OH is 1. The van der Waals surface area contributed by atoms with Gasteiger partial charge in [0, 0.05) is 25.5 Å². The zero-order chi connectivity index (χ0) is 13.4. The lowest BCUT2D eigenvalue weighted by Gasteiger charge is -2.30. The first-order chi connectivity index (χ1) is 8.66. The van der Waals surface area contributed by atoms with E-state index in [2.05, 4.69) is 29.0 Å². The first kappa shape index (κ1) is 15.1. The van der Waals surface area contributed by atoms with E-state index in [1.165, 1.54) is 0 Å². The molecule has 1 atom stereocenters. The maximum absolute atomic E-state index is 9.61. The normalized spacial score (nSPS) is 14.7. The van der Waals surface area contributed by atoms with Gasteiger partial charge in [0.25, 0.3) is 0 Å². The molecule has 4 nitrogen and oxygen atoms in total. The number of hydrogen-bond acceptors (Lipinski definition) is 4. The second kappa shape index (κ2) is 7.46. The molecule has 0 bridgehead atoms. The molecule has 0 aromatic carbocycles. The van der Waals surface area contributed by atoms with Crippen molar-refractivity contribution in [2.24, 2.45) is 0 Å². The Bertz CT molecular complexity index is 327. The molecule has 0 aliphatic heterocycles. The fraction of sp³-hybridized carbons (Fsp3) is 0.643. The molecule has 1 heterocycles. The molecule has 0 spiro atoms. The van der Waals surface area contributed by atoms with E-state index in [9.17, 15) is 5.11 Å². The molecule has 1 aromatic heterocycles. The van der Waals surface area contributed by atoms with Gasteiger partial charge in [-0.1, -0.05) is 19.9 Å². The Balaban J connectivity index is 2.56. The zero-order valence-corrected chi connectivity index (χ0v) is 11.7.